The molecular formula is C48H76O19. The van der Waals surface area contributed by atoms with E-state index >= 15 is 0 Å². The largest absolute Gasteiger partial charge is 0.481 e. The fourth-order valence-electron chi connectivity index (χ4n) is 15.7. The molecule has 0 spiro atoms. The number of aliphatic carboxylic acids is 1. The van der Waals surface area contributed by atoms with Crippen molar-refractivity contribution in [3.63, 3.8) is 0 Å². The van der Waals surface area contributed by atoms with Crippen molar-refractivity contribution in [1.29, 1.82) is 0 Å². The number of ether oxygens (including phenoxy) is 6. The molecule has 0 radical (unpaired) electrons. The maximum atomic E-state index is 14.9. The molecule has 11 N–H and O–H groups in total. The summed E-state index contributed by atoms with van der Waals surface area (Å²) in [6.07, 6.45) is -18.5. The van der Waals surface area contributed by atoms with Gasteiger partial charge in [0.2, 0.25) is 6.29 Å². The quantitative estimate of drug-likeness (QED) is 0.102. The Morgan fingerprint density at radius 1 is 0.657 bits per heavy atom. The number of carboxylic acid groups (broad SMARTS) is 1. The van der Waals surface area contributed by atoms with E-state index in [1.807, 2.05) is 6.92 Å². The summed E-state index contributed by atoms with van der Waals surface area (Å²) < 4.78 is 34.8. The second-order valence-electron chi connectivity index (χ2n) is 22.7. The predicted molar refractivity (Wildman–Crippen MR) is 231 cm³/mol. The molecule has 3 aliphatic heterocycles. The number of carbonyl (C=O) groups is 2. The minimum absolute atomic E-state index is 0.0195. The van der Waals surface area contributed by atoms with Crippen LogP contribution in [0.2, 0.25) is 0 Å². The van der Waals surface area contributed by atoms with Crippen LogP contribution in [-0.2, 0) is 38.0 Å². The number of fused-ring (bicyclic) bond motifs is 7. The number of aliphatic hydroxyl groups excluding tert-OH is 10. The molecule has 19 heteroatoms. The van der Waals surface area contributed by atoms with E-state index in [1.54, 1.807) is 6.92 Å². The summed E-state index contributed by atoms with van der Waals surface area (Å²) in [5.74, 6) is -1.46. The fourth-order valence-corrected chi connectivity index (χ4v) is 15.7. The molecule has 26 unspecified atom stereocenters. The van der Waals surface area contributed by atoms with E-state index in [0.717, 1.165) is 44.1 Å². The van der Waals surface area contributed by atoms with Gasteiger partial charge in [-0.15, -0.1) is 0 Å². The molecule has 19 nitrogen and oxygen atoms in total. The topological polar surface area (TPSA) is 312 Å². The van der Waals surface area contributed by atoms with Crippen molar-refractivity contribution < 1.29 is 94.2 Å². The van der Waals surface area contributed by atoms with Gasteiger partial charge in [0.25, 0.3) is 0 Å². The number of hydrogen-bond donors (Lipinski definition) is 11. The van der Waals surface area contributed by atoms with Crippen molar-refractivity contribution in [3.05, 3.63) is 12.2 Å². The van der Waals surface area contributed by atoms with Gasteiger partial charge in [0, 0.05) is 0 Å². The highest BCUT2D eigenvalue weighted by Gasteiger charge is 2.73. The van der Waals surface area contributed by atoms with Crippen molar-refractivity contribution in [1.82, 2.24) is 0 Å². The van der Waals surface area contributed by atoms with E-state index in [0.29, 0.717) is 25.7 Å². The highest BCUT2D eigenvalue weighted by molar-refractivity contribution is 5.78. The van der Waals surface area contributed by atoms with E-state index in [9.17, 15) is 65.8 Å². The molecule has 26 atom stereocenters. The normalized spacial score (nSPS) is 55.3. The Morgan fingerprint density at radius 2 is 1.28 bits per heavy atom. The number of rotatable bonds is 10. The van der Waals surface area contributed by atoms with Crippen molar-refractivity contribution in [2.75, 3.05) is 13.2 Å². The van der Waals surface area contributed by atoms with E-state index in [-0.39, 0.29) is 45.8 Å². The molecule has 0 aromatic heterocycles. The van der Waals surface area contributed by atoms with Crippen molar-refractivity contribution in [3.8, 4) is 0 Å². The summed E-state index contributed by atoms with van der Waals surface area (Å²) in [6.45, 7) is 15.3. The monoisotopic (exact) mass is 956 g/mol. The molecule has 8 aliphatic rings. The lowest BCUT2D eigenvalue weighted by atomic mass is 9.32. The van der Waals surface area contributed by atoms with Crippen molar-refractivity contribution >= 4 is 11.9 Å². The molecule has 0 aromatic rings. The van der Waals surface area contributed by atoms with E-state index in [4.69, 9.17) is 28.4 Å². The van der Waals surface area contributed by atoms with Gasteiger partial charge in [-0.25, -0.2) is 0 Å². The van der Waals surface area contributed by atoms with Gasteiger partial charge in [-0.2, -0.15) is 0 Å². The Hall–Kier alpha value is -1.92. The van der Waals surface area contributed by atoms with Crippen LogP contribution in [0.4, 0.5) is 0 Å². The van der Waals surface area contributed by atoms with Crippen LogP contribution in [0.3, 0.4) is 0 Å². The summed E-state index contributed by atoms with van der Waals surface area (Å²) in [5, 5.41) is 117. The van der Waals surface area contributed by atoms with Crippen LogP contribution in [-0.4, -0.2) is 180 Å². The number of carbonyl (C=O) groups excluding carboxylic acids is 1. The molecule has 382 valence electrons. The van der Waals surface area contributed by atoms with E-state index < -0.39 is 134 Å². The summed E-state index contributed by atoms with van der Waals surface area (Å²) in [5.41, 5.74) is -1.90. The van der Waals surface area contributed by atoms with Crippen LogP contribution in [0.1, 0.15) is 106 Å². The molecule has 5 aliphatic carbocycles. The lowest BCUT2D eigenvalue weighted by molar-refractivity contribution is -0.360. The molecule has 0 aromatic carbocycles. The number of esters is 1. The Balaban J connectivity index is 0.958. The van der Waals surface area contributed by atoms with Crippen LogP contribution >= 0.6 is 0 Å². The maximum absolute atomic E-state index is 14.9. The van der Waals surface area contributed by atoms with Gasteiger partial charge >= 0.3 is 11.9 Å². The van der Waals surface area contributed by atoms with Crippen LogP contribution in [0.5, 0.6) is 0 Å². The van der Waals surface area contributed by atoms with Gasteiger partial charge in [-0.3, -0.25) is 9.59 Å². The predicted octanol–water partition coefficient (Wildman–Crippen LogP) is 0.0887. The van der Waals surface area contributed by atoms with E-state index in [1.165, 1.54) is 6.92 Å². The molecule has 0 amide bonds. The first-order chi connectivity index (χ1) is 31.3. The summed E-state index contributed by atoms with van der Waals surface area (Å²) in [7, 11) is 0. The maximum Gasteiger partial charge on any atom is 0.314 e. The van der Waals surface area contributed by atoms with E-state index in [2.05, 4.69) is 27.4 Å². The van der Waals surface area contributed by atoms with Gasteiger partial charge in [0.15, 0.2) is 12.6 Å². The van der Waals surface area contributed by atoms with Gasteiger partial charge < -0.3 is 84.6 Å². The van der Waals surface area contributed by atoms with Crippen LogP contribution < -0.4 is 0 Å². The first-order valence-electron chi connectivity index (χ1n) is 24.4. The third-order valence-corrected chi connectivity index (χ3v) is 19.8. The van der Waals surface area contributed by atoms with Gasteiger partial charge in [-0.1, -0.05) is 32.9 Å². The molecule has 8 rings (SSSR count). The van der Waals surface area contributed by atoms with Crippen LogP contribution in [0, 0.1) is 56.7 Å². The highest BCUT2D eigenvalue weighted by atomic mass is 16.8. The zero-order valence-electron chi connectivity index (χ0n) is 39.5. The average Bonchev–Trinajstić information content (AvgIpc) is 3.69. The molecule has 3 saturated heterocycles. The second kappa shape index (κ2) is 18.3. The zero-order chi connectivity index (χ0) is 49.1. The number of aliphatic hydroxyl groups is 10. The zero-order valence-corrected chi connectivity index (χ0v) is 39.5. The van der Waals surface area contributed by atoms with Crippen molar-refractivity contribution in [2.24, 2.45) is 56.7 Å². The first kappa shape index (κ1) is 51.4. The van der Waals surface area contributed by atoms with Gasteiger partial charge in [0.1, 0.15) is 67.1 Å². The van der Waals surface area contributed by atoms with Crippen LogP contribution in [0.15, 0.2) is 12.2 Å². The second-order valence-corrected chi connectivity index (χ2v) is 22.7. The minimum Gasteiger partial charge on any atom is -0.481 e. The Kier molecular flexibility index (Phi) is 14.0. The first-order valence-corrected chi connectivity index (χ1v) is 24.4. The Bertz CT molecular complexity index is 1850. The van der Waals surface area contributed by atoms with Gasteiger partial charge in [0.05, 0.1) is 36.3 Å². The fraction of sp³-hybridized carbons (Fsp3) is 0.917. The SMILES string of the molecule is C=C(C)C1CCC2(C(=O)OC3OC(C)C(OC4OC(COC5OC(CO)C(O)C(O)C5O)C(O)C(O)C4O)C(O)C3O)CCC3(C)C(CCC4C5(C)CCC(O)C(C)(C(=O)O)C5CCC43C)C12. The minimum atomic E-state index is -1.88. The third-order valence-electron chi connectivity index (χ3n) is 19.8. The molecule has 8 fully saturated rings. The van der Waals surface area contributed by atoms with Gasteiger partial charge in [-0.05, 0) is 131 Å². The summed E-state index contributed by atoms with van der Waals surface area (Å²) in [4.78, 5) is 27.8. The summed E-state index contributed by atoms with van der Waals surface area (Å²) >= 11 is 0. The number of hydrogen-bond acceptors (Lipinski definition) is 18. The molecular weight excluding hydrogens is 881 g/mol. The molecule has 5 saturated carbocycles. The lowest BCUT2D eigenvalue weighted by Crippen LogP contribution is -2.68. The van der Waals surface area contributed by atoms with Crippen LogP contribution in [0.25, 0.3) is 0 Å². The lowest BCUT2D eigenvalue weighted by Gasteiger charge is -2.72. The average molecular weight is 957 g/mol. The molecule has 3 heterocycles. The smallest absolute Gasteiger partial charge is 0.314 e. The standard InChI is InChI=1S/C48H76O19/c1-20(2)22-10-15-48(17-16-45(5)23(29(22)48)8-9-26-44(4)13-12-28(50)47(7,42(59)60)27(44)11-14-46(26,45)6)43(61)67-40-37(58)34(55)38(21(3)63-40)66-41-36(57)33(54)31(52)25(65-41)19-62-39-35(56)32(53)30(51)24(18-49)64-39/h21-41,49-58H,1,8-19H2,2-7H3,(H,59,60). The summed E-state index contributed by atoms with van der Waals surface area (Å²) in [6, 6.07) is 0. The Labute approximate surface area is 391 Å². The number of allylic oxidation sites excluding steroid dienone is 1. The van der Waals surface area contributed by atoms with Crippen molar-refractivity contribution in [2.45, 2.75) is 204 Å². The highest BCUT2D eigenvalue weighted by Crippen LogP contribution is 2.77. The Morgan fingerprint density at radius 3 is 1.93 bits per heavy atom. The number of carboxylic acids is 1. The third kappa shape index (κ3) is 7.79. The molecule has 0 bridgehead atoms. The molecule has 67 heavy (non-hydrogen) atoms.